The Kier molecular flexibility index (Phi) is 5.95. The van der Waals surface area contributed by atoms with Crippen molar-refractivity contribution in [2.24, 2.45) is 0 Å². The highest BCUT2D eigenvalue weighted by molar-refractivity contribution is 6.33. The molecule has 0 saturated heterocycles. The molecule has 100 valence electrons. The van der Waals surface area contributed by atoms with E-state index in [4.69, 9.17) is 11.6 Å². The molecule has 1 amide bonds. The van der Waals surface area contributed by atoms with Crippen molar-refractivity contribution < 1.29 is 4.79 Å². The first-order chi connectivity index (χ1) is 8.60. The van der Waals surface area contributed by atoms with Gasteiger partial charge in [-0.15, -0.1) is 0 Å². The summed E-state index contributed by atoms with van der Waals surface area (Å²) in [6.07, 6.45) is 0. The maximum absolute atomic E-state index is 11.4. The van der Waals surface area contributed by atoms with Gasteiger partial charge in [0.05, 0.1) is 17.3 Å². The van der Waals surface area contributed by atoms with Crippen LogP contribution in [0.3, 0.4) is 0 Å². The number of hydrogen-bond donors (Lipinski definition) is 2. The number of hydrogen-bond acceptors (Lipinski definition) is 3. The van der Waals surface area contributed by atoms with Gasteiger partial charge in [-0.1, -0.05) is 30.7 Å². The van der Waals surface area contributed by atoms with Gasteiger partial charge in [0.15, 0.2) is 0 Å². The molecular weight excluding hydrogens is 250 g/mol. The summed E-state index contributed by atoms with van der Waals surface area (Å²) in [4.78, 5) is 13.3. The Morgan fingerprint density at radius 2 is 2.17 bits per heavy atom. The minimum atomic E-state index is -0.0354. The van der Waals surface area contributed by atoms with Crippen LogP contribution in [0.1, 0.15) is 12.5 Å². The summed E-state index contributed by atoms with van der Waals surface area (Å²) in [7, 11) is 3.49. The number of nitrogens with one attached hydrogen (secondary N) is 2. The van der Waals surface area contributed by atoms with Gasteiger partial charge in [-0.25, -0.2) is 0 Å². The molecule has 0 atom stereocenters. The Balaban J connectivity index is 2.93. The number of carbonyl (C=O) groups excluding carboxylic acids is 1. The first-order valence-electron chi connectivity index (χ1n) is 6.00. The molecule has 2 N–H and O–H groups in total. The SMILES string of the molecule is CCNCc1cccc(Cl)c1N(C)CC(=O)NC. The first kappa shape index (κ1) is 14.8. The van der Waals surface area contributed by atoms with Gasteiger partial charge >= 0.3 is 0 Å². The van der Waals surface area contributed by atoms with E-state index in [0.717, 1.165) is 24.3 Å². The van der Waals surface area contributed by atoms with Crippen molar-refractivity contribution in [3.8, 4) is 0 Å². The predicted octanol–water partition coefficient (Wildman–Crippen LogP) is 1.63. The smallest absolute Gasteiger partial charge is 0.239 e. The molecule has 1 rings (SSSR count). The number of halogens is 1. The molecule has 0 spiro atoms. The zero-order chi connectivity index (χ0) is 13.5. The van der Waals surface area contributed by atoms with Crippen LogP contribution in [0.5, 0.6) is 0 Å². The van der Waals surface area contributed by atoms with Crippen LogP contribution in [0.2, 0.25) is 5.02 Å². The lowest BCUT2D eigenvalue weighted by Crippen LogP contribution is -2.33. The van der Waals surface area contributed by atoms with Crippen LogP contribution in [0.15, 0.2) is 18.2 Å². The van der Waals surface area contributed by atoms with Gasteiger partial charge in [-0.05, 0) is 18.2 Å². The number of rotatable bonds is 6. The van der Waals surface area contributed by atoms with Gasteiger partial charge in [0.1, 0.15) is 0 Å². The molecule has 0 radical (unpaired) electrons. The molecule has 0 unspecified atom stereocenters. The van der Waals surface area contributed by atoms with Crippen molar-refractivity contribution in [3.05, 3.63) is 28.8 Å². The minimum absolute atomic E-state index is 0.0354. The Morgan fingerprint density at radius 1 is 1.44 bits per heavy atom. The summed E-state index contributed by atoms with van der Waals surface area (Å²) in [5.74, 6) is -0.0354. The fourth-order valence-corrected chi connectivity index (χ4v) is 2.10. The molecule has 0 heterocycles. The Morgan fingerprint density at radius 3 is 2.78 bits per heavy atom. The van der Waals surface area contributed by atoms with Gasteiger partial charge in [0.25, 0.3) is 0 Å². The molecule has 0 fully saturated rings. The van der Waals surface area contributed by atoms with Crippen molar-refractivity contribution in [1.29, 1.82) is 0 Å². The highest BCUT2D eigenvalue weighted by Gasteiger charge is 2.13. The first-order valence-corrected chi connectivity index (χ1v) is 6.37. The quantitative estimate of drug-likeness (QED) is 0.825. The number of benzene rings is 1. The molecule has 1 aromatic carbocycles. The molecule has 0 aliphatic heterocycles. The highest BCUT2D eigenvalue weighted by Crippen LogP contribution is 2.28. The van der Waals surface area contributed by atoms with Crippen molar-refractivity contribution in [1.82, 2.24) is 10.6 Å². The Bertz CT molecular complexity index is 409. The second kappa shape index (κ2) is 7.24. The number of para-hydroxylation sites is 1. The topological polar surface area (TPSA) is 44.4 Å². The molecule has 0 aliphatic rings. The number of amides is 1. The third-order valence-corrected chi connectivity index (χ3v) is 2.98. The molecule has 1 aromatic rings. The monoisotopic (exact) mass is 269 g/mol. The summed E-state index contributed by atoms with van der Waals surface area (Å²) < 4.78 is 0. The van der Waals surface area contributed by atoms with Crippen LogP contribution in [0.4, 0.5) is 5.69 Å². The molecular formula is C13H20ClN3O. The van der Waals surface area contributed by atoms with E-state index in [-0.39, 0.29) is 5.91 Å². The second-order valence-electron chi connectivity index (χ2n) is 4.06. The molecule has 0 saturated carbocycles. The summed E-state index contributed by atoms with van der Waals surface area (Å²) >= 11 is 6.23. The summed E-state index contributed by atoms with van der Waals surface area (Å²) in [6.45, 7) is 3.98. The standard InChI is InChI=1S/C13H20ClN3O/c1-4-16-8-10-6-5-7-11(14)13(10)17(3)9-12(18)15-2/h5-7,16H,4,8-9H2,1-3H3,(H,15,18). The van der Waals surface area contributed by atoms with Gasteiger partial charge in [-0.2, -0.15) is 0 Å². The minimum Gasteiger partial charge on any atom is -0.364 e. The number of carbonyl (C=O) groups is 1. The van der Waals surface area contributed by atoms with E-state index in [9.17, 15) is 4.79 Å². The van der Waals surface area contributed by atoms with E-state index in [1.54, 1.807) is 7.05 Å². The van der Waals surface area contributed by atoms with Gasteiger partial charge in [-0.3, -0.25) is 4.79 Å². The van der Waals surface area contributed by atoms with Crippen LogP contribution >= 0.6 is 11.6 Å². The lowest BCUT2D eigenvalue weighted by atomic mass is 10.1. The van der Waals surface area contributed by atoms with Crippen molar-refractivity contribution in [2.45, 2.75) is 13.5 Å². The Hall–Kier alpha value is -1.26. The van der Waals surface area contributed by atoms with Crippen molar-refractivity contribution >= 4 is 23.2 Å². The zero-order valence-electron chi connectivity index (χ0n) is 11.1. The van der Waals surface area contributed by atoms with Gasteiger partial charge in [0, 0.05) is 20.6 Å². The third-order valence-electron chi connectivity index (χ3n) is 2.68. The lowest BCUT2D eigenvalue weighted by molar-refractivity contribution is -0.119. The fourth-order valence-electron chi connectivity index (χ4n) is 1.76. The molecule has 4 nitrogen and oxygen atoms in total. The number of likely N-dealkylation sites (N-methyl/N-ethyl adjacent to an activating group) is 2. The van der Waals surface area contributed by atoms with Crippen LogP contribution in [-0.4, -0.2) is 33.1 Å². The predicted molar refractivity (Wildman–Crippen MR) is 76.2 cm³/mol. The van der Waals surface area contributed by atoms with Gasteiger partial charge in [0.2, 0.25) is 5.91 Å². The van der Waals surface area contributed by atoms with Crippen LogP contribution < -0.4 is 15.5 Å². The molecule has 5 heteroatoms. The molecule has 0 aromatic heterocycles. The summed E-state index contributed by atoms with van der Waals surface area (Å²) in [5.41, 5.74) is 2.00. The van der Waals surface area contributed by atoms with Crippen LogP contribution in [0, 0.1) is 0 Å². The summed E-state index contributed by atoms with van der Waals surface area (Å²) in [5, 5.41) is 6.54. The Labute approximate surface area is 113 Å². The van der Waals surface area contributed by atoms with E-state index >= 15 is 0 Å². The van der Waals surface area contributed by atoms with Crippen molar-refractivity contribution in [2.75, 3.05) is 32.1 Å². The second-order valence-corrected chi connectivity index (χ2v) is 4.46. The number of anilines is 1. The van der Waals surface area contributed by atoms with Crippen LogP contribution in [-0.2, 0) is 11.3 Å². The van der Waals surface area contributed by atoms with E-state index in [1.807, 2.05) is 30.1 Å². The van der Waals surface area contributed by atoms with Crippen LogP contribution in [0.25, 0.3) is 0 Å². The maximum atomic E-state index is 11.4. The molecule has 0 aliphatic carbocycles. The van der Waals surface area contributed by atoms with E-state index in [1.165, 1.54) is 0 Å². The number of nitrogens with zero attached hydrogens (tertiary/aromatic N) is 1. The molecule has 0 bridgehead atoms. The summed E-state index contributed by atoms with van der Waals surface area (Å²) in [6, 6.07) is 5.78. The average Bonchev–Trinajstić information content (AvgIpc) is 2.35. The largest absolute Gasteiger partial charge is 0.364 e. The highest BCUT2D eigenvalue weighted by atomic mass is 35.5. The third kappa shape index (κ3) is 3.89. The normalized spacial score (nSPS) is 10.2. The van der Waals surface area contributed by atoms with Gasteiger partial charge < -0.3 is 15.5 Å². The van der Waals surface area contributed by atoms with E-state index < -0.39 is 0 Å². The lowest BCUT2D eigenvalue weighted by Gasteiger charge is -2.23. The zero-order valence-corrected chi connectivity index (χ0v) is 11.8. The van der Waals surface area contributed by atoms with E-state index in [2.05, 4.69) is 17.6 Å². The maximum Gasteiger partial charge on any atom is 0.239 e. The van der Waals surface area contributed by atoms with Crippen molar-refractivity contribution in [3.63, 3.8) is 0 Å². The average molecular weight is 270 g/mol. The molecule has 18 heavy (non-hydrogen) atoms. The van der Waals surface area contributed by atoms with E-state index in [0.29, 0.717) is 11.6 Å². The fraction of sp³-hybridized carbons (Fsp3) is 0.462.